The van der Waals surface area contributed by atoms with Gasteiger partial charge in [0.1, 0.15) is 48.0 Å². The zero-order valence-electron chi connectivity index (χ0n) is 44.7. The van der Waals surface area contributed by atoms with Crippen molar-refractivity contribution in [2.45, 2.75) is 223 Å². The number of aliphatic hydroxyl groups is 10. The van der Waals surface area contributed by atoms with Crippen LogP contribution in [-0.2, 0) is 57.1 Å². The summed E-state index contributed by atoms with van der Waals surface area (Å²) in [4.78, 5) is 55.6. The van der Waals surface area contributed by atoms with Crippen molar-refractivity contribution in [2.24, 2.45) is 23.7 Å². The molecule has 3 saturated heterocycles. The zero-order valence-corrected chi connectivity index (χ0v) is 44.7. The summed E-state index contributed by atoms with van der Waals surface area (Å²) in [7, 11) is 5.09. The molecule has 0 bridgehead atoms. The van der Waals surface area contributed by atoms with E-state index in [2.05, 4.69) is 0 Å². The molecule has 22 atom stereocenters. The van der Waals surface area contributed by atoms with E-state index in [0.29, 0.717) is 6.42 Å². The number of hydrogen-bond donors (Lipinski definition) is 10. The van der Waals surface area contributed by atoms with Gasteiger partial charge in [0.15, 0.2) is 18.7 Å². The van der Waals surface area contributed by atoms with E-state index in [1.807, 2.05) is 25.9 Å². The Kier molecular flexibility index (Phi) is 26.0. The molecule has 10 N–H and O–H groups in total. The van der Waals surface area contributed by atoms with Crippen molar-refractivity contribution >= 4 is 23.7 Å². The van der Waals surface area contributed by atoms with Crippen LogP contribution >= 0.6 is 0 Å². The molecule has 0 saturated carbocycles. The van der Waals surface area contributed by atoms with Crippen molar-refractivity contribution in [1.29, 1.82) is 0 Å². The molecular weight excluding hydrogens is 955 g/mol. The van der Waals surface area contributed by atoms with Gasteiger partial charge in [-0.25, -0.2) is 0 Å². The minimum absolute atomic E-state index is 0.0431. The lowest BCUT2D eigenvalue weighted by Gasteiger charge is -2.49. The lowest BCUT2D eigenvalue weighted by molar-refractivity contribution is -0.319. The van der Waals surface area contributed by atoms with Crippen LogP contribution in [0.15, 0.2) is 0 Å². The molecule has 3 rings (SSSR count). The molecule has 3 heterocycles. The van der Waals surface area contributed by atoms with E-state index in [1.54, 1.807) is 48.5 Å². The quantitative estimate of drug-likeness (QED) is 0.0623. The fourth-order valence-corrected chi connectivity index (χ4v) is 9.84. The predicted octanol–water partition coefficient (Wildman–Crippen LogP) is -0.906. The first-order valence-electron chi connectivity index (χ1n) is 25.0. The molecule has 0 aromatic carbocycles. The monoisotopic (exact) mass is 1040 g/mol. The lowest BCUT2D eigenvalue weighted by atomic mass is 9.74. The highest BCUT2D eigenvalue weighted by Crippen LogP contribution is 2.41. The Morgan fingerprint density at radius 1 is 0.792 bits per heavy atom. The van der Waals surface area contributed by atoms with Gasteiger partial charge in [-0.05, 0) is 81.8 Å². The van der Waals surface area contributed by atoms with Gasteiger partial charge >= 0.3 is 17.9 Å². The molecule has 0 amide bonds. The van der Waals surface area contributed by atoms with Gasteiger partial charge in [-0.15, -0.1) is 0 Å². The van der Waals surface area contributed by atoms with Crippen molar-refractivity contribution in [2.75, 3.05) is 41.0 Å². The van der Waals surface area contributed by atoms with Crippen LogP contribution in [0.2, 0.25) is 0 Å². The van der Waals surface area contributed by atoms with Gasteiger partial charge in [-0.3, -0.25) is 19.2 Å². The predicted molar refractivity (Wildman–Crippen MR) is 254 cm³/mol. The Morgan fingerprint density at radius 2 is 1.35 bits per heavy atom. The Morgan fingerprint density at radius 3 is 1.85 bits per heavy atom. The Labute approximate surface area is 424 Å². The van der Waals surface area contributed by atoms with E-state index >= 15 is 0 Å². The number of hydrogen-bond acceptors (Lipinski definition) is 23. The van der Waals surface area contributed by atoms with Crippen molar-refractivity contribution in [3.05, 3.63) is 0 Å². The number of aliphatic hydroxyl groups excluding tert-OH is 8. The second-order valence-corrected chi connectivity index (χ2v) is 20.7. The second kappa shape index (κ2) is 28.5. The third kappa shape index (κ3) is 17.0. The molecule has 3 aliphatic heterocycles. The first-order chi connectivity index (χ1) is 33.3. The molecule has 0 aromatic heterocycles. The summed E-state index contributed by atoms with van der Waals surface area (Å²) in [5.41, 5.74) is -5.06. The standard InChI is InChI=1S/C43H75NO16.C6H14O6/c1-15-29-43(11,52)36(48)24(5)33(47)22(3)20-41(9,51)38(25(6)34(26(7)39(50)57-29)59-32-21-42(10,53-14)37(49)27(8)56-32)60-40-35(28(44(12)13)19-23(4)55-40)58-31(46)18-17-30(45)54-16-2;7-1-3(9)5(11)6(12)4(10)2-8/h22-29,32,34-38,40,48-49,51-52H,15-21H2,1-14H3;3-12H,1-2H2/t22-,23-,24+,25+,26-,27+,28+,29-,32+,34+,35-,36-,37+,38-,40+,41-,42-,43-;3-,4+,5-,6-/m11/s1. The van der Waals surface area contributed by atoms with Crippen LogP contribution in [0.4, 0.5) is 0 Å². The fourth-order valence-electron chi connectivity index (χ4n) is 9.84. The van der Waals surface area contributed by atoms with Gasteiger partial charge in [-0.2, -0.15) is 0 Å². The number of likely N-dealkylation sites (N-methyl/N-ethyl adjacent to an activating group) is 1. The third-order valence-electron chi connectivity index (χ3n) is 14.4. The summed E-state index contributed by atoms with van der Waals surface area (Å²) in [6, 6.07) is -0.443. The van der Waals surface area contributed by atoms with Crippen LogP contribution in [-0.4, -0.2) is 229 Å². The third-order valence-corrected chi connectivity index (χ3v) is 14.4. The molecule has 0 radical (unpaired) electrons. The molecule has 23 nitrogen and oxygen atoms in total. The number of Topliss-reactive ketones (excluding diaryl/α,β-unsaturated/α-hetero) is 1. The minimum Gasteiger partial charge on any atom is -0.466 e. The molecule has 0 spiro atoms. The van der Waals surface area contributed by atoms with Gasteiger partial charge in [0, 0.05) is 31.3 Å². The first-order valence-corrected chi connectivity index (χ1v) is 25.0. The van der Waals surface area contributed by atoms with Gasteiger partial charge in [0.05, 0.1) is 86.3 Å². The van der Waals surface area contributed by atoms with E-state index in [0.717, 1.165) is 0 Å². The number of methoxy groups -OCH3 is 1. The molecular formula is C49H89NO22. The van der Waals surface area contributed by atoms with Crippen LogP contribution in [0, 0.1) is 23.7 Å². The number of cyclic esters (lactones) is 1. The number of nitrogens with zero attached hydrogens (tertiary/aromatic N) is 1. The van der Waals surface area contributed by atoms with Crippen LogP contribution in [0.3, 0.4) is 0 Å². The molecule has 23 heteroatoms. The van der Waals surface area contributed by atoms with E-state index in [4.69, 9.17) is 68.5 Å². The maximum atomic E-state index is 14.3. The van der Waals surface area contributed by atoms with Gasteiger partial charge in [0.25, 0.3) is 0 Å². The average Bonchev–Trinajstić information content (AvgIpc) is 3.32. The molecule has 3 fully saturated rings. The SMILES string of the molecule is CCOC(=O)CCC(=O)O[C@H]1[C@H](O[C@@H]2[C@@H](C)[C@H](O[C@H]3C[C@@](C)(OC)[C@@H](O)[C@H](C)O3)[C@@H](C)C(=O)O[C@H](CC)[C@@](C)(O)[C@H](O)[C@@H](C)C(=O)[C@H](C)C[C@@]2(C)O)O[C@H](C)C[C@@H]1N(C)C.OC[C@@H](O)[C@@H](O)[C@H](O)[C@@H](O)CO. The summed E-state index contributed by atoms with van der Waals surface area (Å²) in [6.07, 6.45) is -17.5. The number of carbonyl (C=O) groups excluding carboxylic acids is 4. The van der Waals surface area contributed by atoms with Crippen LogP contribution in [0.5, 0.6) is 0 Å². The van der Waals surface area contributed by atoms with Crippen molar-refractivity contribution in [3.8, 4) is 0 Å². The van der Waals surface area contributed by atoms with Crippen LogP contribution in [0.25, 0.3) is 0 Å². The number of ketones is 1. The summed E-state index contributed by atoms with van der Waals surface area (Å²) >= 11 is 0. The first kappa shape index (κ1) is 65.6. The molecule has 0 unspecified atom stereocenters. The molecule has 72 heavy (non-hydrogen) atoms. The lowest BCUT2D eigenvalue weighted by Crippen LogP contribution is -2.61. The Hall–Kier alpha value is -2.56. The maximum absolute atomic E-state index is 14.3. The number of carbonyl (C=O) groups is 4. The number of esters is 3. The maximum Gasteiger partial charge on any atom is 0.311 e. The highest BCUT2D eigenvalue weighted by Gasteiger charge is 2.54. The van der Waals surface area contributed by atoms with E-state index in [9.17, 15) is 39.6 Å². The normalized spacial score (nSPS) is 40.1. The zero-order chi connectivity index (χ0) is 55.4. The summed E-state index contributed by atoms with van der Waals surface area (Å²) < 4.78 is 48.8. The minimum atomic E-state index is -2.04. The smallest absolute Gasteiger partial charge is 0.311 e. The molecule has 0 aromatic rings. The van der Waals surface area contributed by atoms with Crippen LogP contribution < -0.4 is 0 Å². The number of ether oxygens (including phenoxy) is 8. The molecule has 0 aliphatic carbocycles. The second-order valence-electron chi connectivity index (χ2n) is 20.7. The van der Waals surface area contributed by atoms with Crippen molar-refractivity contribution in [1.82, 2.24) is 4.90 Å². The Balaban J connectivity index is 0.00000130. The highest BCUT2D eigenvalue weighted by atomic mass is 16.7. The van der Waals surface area contributed by atoms with Crippen LogP contribution in [0.1, 0.15) is 115 Å². The number of rotatable bonds is 17. The van der Waals surface area contributed by atoms with Crippen molar-refractivity contribution < 1.29 is 108 Å². The summed E-state index contributed by atoms with van der Waals surface area (Å²) in [6.45, 7) is 16.4. The average molecular weight is 1040 g/mol. The highest BCUT2D eigenvalue weighted by molar-refractivity contribution is 5.83. The van der Waals surface area contributed by atoms with E-state index in [1.165, 1.54) is 27.9 Å². The van der Waals surface area contributed by atoms with Gasteiger partial charge in [0.2, 0.25) is 0 Å². The fraction of sp³-hybridized carbons (Fsp3) is 0.918. The van der Waals surface area contributed by atoms with E-state index < -0.39 is 169 Å². The van der Waals surface area contributed by atoms with Gasteiger partial charge in [-0.1, -0.05) is 27.7 Å². The topological polar surface area (TPSA) is 348 Å². The summed E-state index contributed by atoms with van der Waals surface area (Å²) in [5.74, 6) is -6.64. The molecule has 3 aliphatic rings. The van der Waals surface area contributed by atoms with Gasteiger partial charge < -0.3 is 93.9 Å². The largest absolute Gasteiger partial charge is 0.466 e. The van der Waals surface area contributed by atoms with Crippen molar-refractivity contribution in [3.63, 3.8) is 0 Å². The Bertz CT molecular complexity index is 1670. The van der Waals surface area contributed by atoms with E-state index in [-0.39, 0.29) is 38.7 Å². The molecule has 422 valence electrons. The summed E-state index contributed by atoms with van der Waals surface area (Å²) in [5, 5.41) is 99.0.